The number of rotatable bonds is 37. The van der Waals surface area contributed by atoms with Crippen LogP contribution in [0.3, 0.4) is 0 Å². The zero-order chi connectivity index (χ0) is 88.5. The Morgan fingerprint density at radius 3 is 1.09 bits per heavy atom. The van der Waals surface area contributed by atoms with Gasteiger partial charge in [0.15, 0.2) is 24.9 Å². The third-order valence-corrected chi connectivity index (χ3v) is 39.6. The molecule has 2 aliphatic rings. The number of nitrogens with one attached hydrogen (secondary N) is 2. The predicted octanol–water partition coefficient (Wildman–Crippen LogP) is 4.94. The number of aryl methyl sites for hydroxylation is 3. The maximum atomic E-state index is 12.8. The molecule has 4 aromatic rings. The molecule has 0 bridgehead atoms. The van der Waals surface area contributed by atoms with Gasteiger partial charge in [0.2, 0.25) is 11.8 Å². The highest BCUT2D eigenvalue weighted by Gasteiger charge is 2.59. The number of esters is 2. The van der Waals surface area contributed by atoms with Gasteiger partial charge in [0, 0.05) is 75.9 Å². The minimum absolute atomic E-state index is 0.00538. The number of anilines is 1. The van der Waals surface area contributed by atoms with Gasteiger partial charge < -0.3 is 101 Å². The van der Waals surface area contributed by atoms with Crippen LogP contribution in [0.25, 0.3) is 0 Å². The summed E-state index contributed by atoms with van der Waals surface area (Å²) in [5.74, 6) is -1.76. The van der Waals surface area contributed by atoms with E-state index in [-0.39, 0.29) is 141 Å². The van der Waals surface area contributed by atoms with E-state index in [0.29, 0.717) is 17.1 Å². The molecule has 654 valence electrons. The number of aliphatic hydroxyl groups is 5. The van der Waals surface area contributed by atoms with Crippen LogP contribution in [0.1, 0.15) is 181 Å². The van der Waals surface area contributed by atoms with Crippen molar-refractivity contribution in [3.8, 4) is 0 Å². The van der Waals surface area contributed by atoms with Gasteiger partial charge in [0.05, 0.1) is 81.7 Å². The molecule has 0 aliphatic carbocycles. The monoisotopic (exact) mass is 1700 g/mol. The van der Waals surface area contributed by atoms with Crippen LogP contribution in [0, 0.1) is 20.8 Å². The Hall–Kier alpha value is -6.57. The normalized spacial score (nSPS) is 17.6. The summed E-state index contributed by atoms with van der Waals surface area (Å²) in [5.41, 5.74) is 6.24. The number of nitrogens with zero attached hydrogens (tertiary/aromatic N) is 8. The SMILES string of the molecule is CNC(=O)CCC(=O)OCC(OC1CO[Si](C(C)C)(C(C)C)O[Si](C(C)C)(C(C)C)OC1)n1ccc(C)nc1=O.Cc1ccn(C(CO)OC2CO[Si](C(C)C)(C(C)C)O[Si](C(C)C)(C(C)C)OC2)c(=O)n1.Nc1ccn(C(CO)OC(CO)CO)c(=O)n1.[2H]C([3H])OCC(CO)OC(COC(=O)CCC(=O)NC)n1ccc(C)nc1=O. The van der Waals surface area contributed by atoms with Crippen molar-refractivity contribution < 1.29 is 107 Å². The van der Waals surface area contributed by atoms with Crippen molar-refractivity contribution in [3.05, 3.63) is 108 Å². The number of nitrogen functional groups attached to an aromatic ring is 1. The van der Waals surface area contributed by atoms with E-state index in [1.165, 1.54) is 41.7 Å². The first-order chi connectivity index (χ1) is 54.9. The van der Waals surface area contributed by atoms with Crippen molar-refractivity contribution in [1.82, 2.24) is 48.8 Å². The highest BCUT2D eigenvalue weighted by atomic mass is 28.5. The molecule has 6 heterocycles. The van der Waals surface area contributed by atoms with Gasteiger partial charge in [-0.3, -0.25) is 37.4 Å². The van der Waals surface area contributed by atoms with Crippen LogP contribution in [-0.4, -0.2) is 247 Å². The molecule has 0 saturated carbocycles. The second kappa shape index (κ2) is 49.7. The number of amides is 2. The lowest BCUT2D eigenvalue weighted by Gasteiger charge is -2.50. The number of hydrogen-bond acceptors (Lipinski definition) is 31. The predicted molar refractivity (Wildman–Crippen MR) is 434 cm³/mol. The molecular formula is C74H131N11O26Si4. The standard InChI is InChI=1S/C27H49N3O8Si2.C22H42N2O6Si2.C16H25N3O7.C9H15N3O5/c1-18(2)39(19(3)4)35-15-23(16-36-40(38-39,20(5)6)21(7)8)37-25(30-14-13-22(9)29-27(30)33)17-34-26(32)12-11-24(31)28-10;1-15(2)31(16(3)4)27-13-20(14-28-32(30-31,17(5)6)18(7)8)29-21(12-25)24-11-10-19(9)23-22(24)26;1-11-6-7-19(16(23)18-11)14(26-12(8-20)9-24-3)10-25-15(22)5-4-13(21)17-2;10-7-1-2-12(9(16)11-7)8(5-15)17-6(3-13)4-14/h13-14,18-21,23,25H,11-12,15-17H2,1-10H3,(H,28,31);10-11,15-18,20-21,25H,12-14H2,1-9H3;6-7,12,14,20H,4-5,8-10H2,1-3H3,(H,17,21);1-2,6,8,13-15H,3-5H2,(H2,10,11,16)/i;;3TD;. The largest absolute Gasteiger partial charge is 0.461 e. The van der Waals surface area contributed by atoms with Crippen LogP contribution in [-0.2, 0) is 78.3 Å². The summed E-state index contributed by atoms with van der Waals surface area (Å²) in [5, 5.41) is 51.1. The molecule has 9 N–H and O–H groups in total. The van der Waals surface area contributed by atoms with Crippen LogP contribution in [0.5, 0.6) is 0 Å². The third-order valence-electron chi connectivity index (χ3n) is 19.1. The Kier molecular flexibility index (Phi) is 42.8. The van der Waals surface area contributed by atoms with Crippen molar-refractivity contribution in [2.24, 2.45) is 0 Å². The molecule has 6 rings (SSSR count). The minimum Gasteiger partial charge on any atom is -0.461 e. The number of aromatic nitrogens is 8. The lowest BCUT2D eigenvalue weighted by atomic mass is 10.3. The first-order valence-electron chi connectivity index (χ1n) is 39.9. The minimum atomic E-state index is -2.78. The van der Waals surface area contributed by atoms with E-state index in [4.69, 9.17) is 82.9 Å². The van der Waals surface area contributed by atoms with Crippen LogP contribution in [0.2, 0.25) is 44.3 Å². The Morgan fingerprint density at radius 2 is 0.774 bits per heavy atom. The van der Waals surface area contributed by atoms with Crippen molar-refractivity contribution in [3.63, 3.8) is 0 Å². The van der Waals surface area contributed by atoms with Crippen LogP contribution >= 0.6 is 0 Å². The zero-order valence-electron chi connectivity index (χ0n) is 72.7. The Morgan fingerprint density at radius 1 is 0.470 bits per heavy atom. The lowest BCUT2D eigenvalue weighted by molar-refractivity contribution is -0.160. The smallest absolute Gasteiger partial charge is 0.351 e. The number of ether oxygens (including phenoxy) is 7. The number of hydrogen-bond donors (Lipinski definition) is 8. The van der Waals surface area contributed by atoms with Crippen molar-refractivity contribution in [2.45, 2.75) is 251 Å². The zero-order valence-corrected chi connectivity index (χ0v) is 74.7. The van der Waals surface area contributed by atoms with E-state index in [9.17, 15) is 48.6 Å². The highest BCUT2D eigenvalue weighted by molar-refractivity contribution is 6.84. The Labute approximate surface area is 681 Å². The fourth-order valence-electron chi connectivity index (χ4n) is 12.7. The van der Waals surface area contributed by atoms with Gasteiger partial charge in [-0.2, -0.15) is 19.9 Å². The van der Waals surface area contributed by atoms with Gasteiger partial charge >= 0.3 is 68.9 Å². The highest BCUT2D eigenvalue weighted by Crippen LogP contribution is 2.47. The van der Waals surface area contributed by atoms with Crippen molar-refractivity contribution >= 4 is 63.8 Å². The van der Waals surface area contributed by atoms with Gasteiger partial charge in [0.1, 0.15) is 43.4 Å². The summed E-state index contributed by atoms with van der Waals surface area (Å²) in [6.07, 6.45) is -1.23. The average Bonchev–Trinajstić information content (AvgIpc) is 0.765. The van der Waals surface area contributed by atoms with Crippen molar-refractivity contribution in [2.75, 3.05) is 106 Å². The van der Waals surface area contributed by atoms with Gasteiger partial charge in [-0.1, -0.05) is 111 Å². The molecule has 37 nitrogen and oxygen atoms in total. The van der Waals surface area contributed by atoms with E-state index in [1.807, 2.05) is 0 Å². The number of carbonyl (C=O) groups excluding carboxylic acids is 4. The topological polar surface area (TPSA) is 479 Å². The third kappa shape index (κ3) is 30.3. The van der Waals surface area contributed by atoms with E-state index < -0.39 is 152 Å². The van der Waals surface area contributed by atoms with Gasteiger partial charge in [0.25, 0.3) is 0 Å². The van der Waals surface area contributed by atoms with Gasteiger partial charge in [-0.05, 0) is 89.4 Å². The van der Waals surface area contributed by atoms with Crippen LogP contribution < -0.4 is 39.1 Å². The molecular weight excluding hydrogens is 1570 g/mol. The van der Waals surface area contributed by atoms with E-state index in [0.717, 1.165) is 9.13 Å². The first-order valence-corrected chi connectivity index (χ1v) is 46.7. The van der Waals surface area contributed by atoms with Gasteiger partial charge in [-0.15, -0.1) is 0 Å². The molecule has 2 aliphatic heterocycles. The molecule has 115 heavy (non-hydrogen) atoms. The molecule has 0 spiro atoms. The van der Waals surface area contributed by atoms with Crippen LogP contribution in [0.4, 0.5) is 5.82 Å². The maximum absolute atomic E-state index is 12.8. The van der Waals surface area contributed by atoms with Crippen molar-refractivity contribution in [1.29, 1.82) is 0 Å². The summed E-state index contributed by atoms with van der Waals surface area (Å²) in [4.78, 5) is 111. The van der Waals surface area contributed by atoms with Crippen LogP contribution in [0.15, 0.2) is 68.2 Å². The first kappa shape index (κ1) is 99.0. The summed E-state index contributed by atoms with van der Waals surface area (Å²) in [6, 6.07) is 6.34. The summed E-state index contributed by atoms with van der Waals surface area (Å²) >= 11 is 0. The molecule has 4 aromatic heterocycles. The Bertz CT molecular complexity index is 3820. The van der Waals surface area contributed by atoms with E-state index in [1.54, 1.807) is 51.4 Å². The molecule has 0 aromatic carbocycles. The summed E-state index contributed by atoms with van der Waals surface area (Å²) in [7, 11) is -9.51. The molecule has 2 saturated heterocycles. The lowest BCUT2D eigenvalue weighted by Crippen LogP contribution is -2.64. The fourth-order valence-corrected chi connectivity index (χ4v) is 35.0. The molecule has 2 fully saturated rings. The quantitative estimate of drug-likeness (QED) is 0.0219. The second-order valence-electron chi connectivity index (χ2n) is 30.2. The molecule has 2 amide bonds. The molecule has 6 unspecified atom stereocenters. The fraction of sp³-hybridized carbons (Fsp3) is 0.730. The molecule has 0 radical (unpaired) electrons. The van der Waals surface area contributed by atoms with E-state index in [2.05, 4.69) is 141 Å². The summed E-state index contributed by atoms with van der Waals surface area (Å²) < 4.78 is 98.4. The molecule has 41 heteroatoms. The number of carbonyl (C=O) groups is 4. The van der Waals surface area contributed by atoms with E-state index >= 15 is 0 Å². The average molecular weight is 1710 g/mol. The van der Waals surface area contributed by atoms with Gasteiger partial charge in [-0.25, -0.2) is 19.2 Å². The maximum Gasteiger partial charge on any atom is 0.351 e. The second-order valence-corrected chi connectivity index (χ2v) is 48.0. The summed E-state index contributed by atoms with van der Waals surface area (Å²) in [6.45, 7) is 37.4. The number of methoxy groups -OCH3 is 1. The number of aliphatic hydroxyl groups excluding tert-OH is 5. The molecule has 6 atom stereocenters. The number of nitrogens with two attached hydrogens (primary N) is 1. The Balaban J connectivity index is 0.000000418.